The van der Waals surface area contributed by atoms with Crippen LogP contribution < -0.4 is 0 Å². The Kier molecular flexibility index (Phi) is 3.14. The zero-order chi connectivity index (χ0) is 14.3. The minimum absolute atomic E-state index is 0.0307. The van der Waals surface area contributed by atoms with Gasteiger partial charge in [0, 0.05) is 15.8 Å². The Morgan fingerprint density at radius 1 is 1.05 bits per heavy atom. The van der Waals surface area contributed by atoms with Crippen molar-refractivity contribution >= 4 is 27.9 Å². The molecule has 0 aliphatic carbocycles. The van der Waals surface area contributed by atoms with E-state index in [1.807, 2.05) is 26.0 Å². The summed E-state index contributed by atoms with van der Waals surface area (Å²) in [5, 5.41) is 1.16. The highest BCUT2D eigenvalue weighted by Crippen LogP contribution is 2.28. The third kappa shape index (κ3) is 2.04. The van der Waals surface area contributed by atoms with Crippen LogP contribution in [0.2, 0.25) is 0 Å². The number of benzene rings is 2. The molecular formula is C17H13FOS. The van der Waals surface area contributed by atoms with Gasteiger partial charge in [-0.1, -0.05) is 24.3 Å². The summed E-state index contributed by atoms with van der Waals surface area (Å²) in [5.41, 5.74) is 1.54. The quantitative estimate of drug-likeness (QED) is 0.612. The van der Waals surface area contributed by atoms with Gasteiger partial charge in [-0.3, -0.25) is 4.79 Å². The lowest BCUT2D eigenvalue weighted by molar-refractivity contribution is 0.104. The van der Waals surface area contributed by atoms with Gasteiger partial charge in [0.25, 0.3) is 0 Å². The highest BCUT2D eigenvalue weighted by molar-refractivity contribution is 7.14. The van der Waals surface area contributed by atoms with Gasteiger partial charge in [-0.05, 0) is 43.0 Å². The summed E-state index contributed by atoms with van der Waals surface area (Å²) in [7, 11) is 0. The lowest BCUT2D eigenvalue weighted by Crippen LogP contribution is -2.02. The van der Waals surface area contributed by atoms with Crippen molar-refractivity contribution in [3.63, 3.8) is 0 Å². The fraction of sp³-hybridized carbons (Fsp3) is 0.118. The molecule has 3 aromatic rings. The second kappa shape index (κ2) is 4.84. The third-order valence-electron chi connectivity index (χ3n) is 3.36. The molecule has 0 spiro atoms. The highest BCUT2D eigenvalue weighted by Gasteiger charge is 2.17. The number of ketones is 1. The summed E-state index contributed by atoms with van der Waals surface area (Å²) in [6, 6.07) is 12.0. The van der Waals surface area contributed by atoms with Crippen LogP contribution in [0.4, 0.5) is 4.39 Å². The summed E-state index contributed by atoms with van der Waals surface area (Å²) in [6.07, 6.45) is 0. The number of thiophene rings is 1. The first-order valence-corrected chi connectivity index (χ1v) is 7.18. The molecule has 0 saturated heterocycles. The number of halogens is 1. The Balaban J connectivity index is 2.23. The fourth-order valence-corrected chi connectivity index (χ4v) is 3.43. The summed E-state index contributed by atoms with van der Waals surface area (Å²) in [5.74, 6) is -0.326. The van der Waals surface area contributed by atoms with Gasteiger partial charge >= 0.3 is 0 Å². The van der Waals surface area contributed by atoms with Crippen LogP contribution in [-0.4, -0.2) is 5.78 Å². The second-order valence-electron chi connectivity index (χ2n) is 4.84. The van der Waals surface area contributed by atoms with Crippen LogP contribution in [0.5, 0.6) is 0 Å². The number of hydrogen-bond acceptors (Lipinski definition) is 2. The molecule has 0 atom stereocenters. The molecule has 0 bridgehead atoms. The van der Waals surface area contributed by atoms with Crippen molar-refractivity contribution in [2.45, 2.75) is 13.8 Å². The Bertz CT molecular complexity index is 817. The molecule has 0 radical (unpaired) electrons. The maximum absolute atomic E-state index is 13.8. The maximum Gasteiger partial charge on any atom is 0.203 e. The van der Waals surface area contributed by atoms with E-state index in [0.717, 1.165) is 15.3 Å². The molecule has 3 heteroatoms. The van der Waals surface area contributed by atoms with E-state index < -0.39 is 0 Å². The number of carbonyl (C=O) groups excluding carboxylic acids is 1. The highest BCUT2D eigenvalue weighted by atomic mass is 32.1. The van der Waals surface area contributed by atoms with Crippen LogP contribution in [0.1, 0.15) is 25.7 Å². The SMILES string of the molecule is Cc1cc(C)c(C(=O)c2ccc(F)c3ccccc23)s1. The van der Waals surface area contributed by atoms with Crippen molar-refractivity contribution in [3.8, 4) is 0 Å². The summed E-state index contributed by atoms with van der Waals surface area (Å²) < 4.78 is 13.8. The molecule has 1 aromatic heterocycles. The van der Waals surface area contributed by atoms with Crippen LogP contribution in [0.15, 0.2) is 42.5 Å². The van der Waals surface area contributed by atoms with Crippen molar-refractivity contribution in [3.05, 3.63) is 69.2 Å². The first kappa shape index (κ1) is 13.0. The van der Waals surface area contributed by atoms with Crippen molar-refractivity contribution < 1.29 is 9.18 Å². The number of aryl methyl sites for hydroxylation is 2. The van der Waals surface area contributed by atoms with E-state index in [1.165, 1.54) is 17.4 Å². The van der Waals surface area contributed by atoms with Crippen LogP contribution in [-0.2, 0) is 0 Å². The predicted octanol–water partition coefficient (Wildman–Crippen LogP) is 4.89. The van der Waals surface area contributed by atoms with E-state index in [-0.39, 0.29) is 11.6 Å². The Morgan fingerprint density at radius 2 is 1.75 bits per heavy atom. The van der Waals surface area contributed by atoms with E-state index in [1.54, 1.807) is 24.3 Å². The standard InChI is InChI=1S/C17H13FOS/c1-10-9-11(2)20-17(10)16(19)14-7-8-15(18)13-6-4-3-5-12(13)14/h3-9H,1-2H3. The minimum atomic E-state index is -0.295. The third-order valence-corrected chi connectivity index (χ3v) is 4.51. The molecule has 0 amide bonds. The van der Waals surface area contributed by atoms with Crippen molar-refractivity contribution in [2.24, 2.45) is 0 Å². The topological polar surface area (TPSA) is 17.1 Å². The van der Waals surface area contributed by atoms with Crippen LogP contribution in [0.3, 0.4) is 0 Å². The molecular weight excluding hydrogens is 271 g/mol. The first-order valence-electron chi connectivity index (χ1n) is 6.37. The maximum atomic E-state index is 13.8. The molecule has 2 aromatic carbocycles. The molecule has 0 N–H and O–H groups in total. The smallest absolute Gasteiger partial charge is 0.203 e. The monoisotopic (exact) mass is 284 g/mol. The number of rotatable bonds is 2. The van der Waals surface area contributed by atoms with Crippen molar-refractivity contribution in [1.29, 1.82) is 0 Å². The van der Waals surface area contributed by atoms with Gasteiger partial charge in [-0.15, -0.1) is 11.3 Å². The van der Waals surface area contributed by atoms with Crippen LogP contribution in [0, 0.1) is 19.7 Å². The molecule has 0 unspecified atom stereocenters. The zero-order valence-electron chi connectivity index (χ0n) is 11.2. The molecule has 1 heterocycles. The average molecular weight is 284 g/mol. The van der Waals surface area contributed by atoms with E-state index in [9.17, 15) is 9.18 Å². The average Bonchev–Trinajstić information content (AvgIpc) is 2.78. The van der Waals surface area contributed by atoms with Crippen molar-refractivity contribution in [2.75, 3.05) is 0 Å². The fourth-order valence-electron chi connectivity index (χ4n) is 2.45. The second-order valence-corrected chi connectivity index (χ2v) is 6.10. The number of fused-ring (bicyclic) bond motifs is 1. The molecule has 3 rings (SSSR count). The minimum Gasteiger partial charge on any atom is -0.288 e. The summed E-state index contributed by atoms with van der Waals surface area (Å²) >= 11 is 1.49. The van der Waals surface area contributed by atoms with Crippen molar-refractivity contribution in [1.82, 2.24) is 0 Å². The summed E-state index contributed by atoms with van der Waals surface area (Å²) in [4.78, 5) is 14.5. The van der Waals surface area contributed by atoms with Gasteiger partial charge in [0.15, 0.2) is 0 Å². The lowest BCUT2D eigenvalue weighted by Gasteiger charge is -2.06. The van der Waals surface area contributed by atoms with E-state index in [2.05, 4.69) is 0 Å². The Morgan fingerprint density at radius 3 is 2.40 bits per heavy atom. The van der Waals surface area contributed by atoms with E-state index in [0.29, 0.717) is 16.3 Å². The zero-order valence-corrected chi connectivity index (χ0v) is 12.1. The Labute approximate surface area is 120 Å². The molecule has 0 saturated carbocycles. The van der Waals surface area contributed by atoms with Crippen LogP contribution >= 0.6 is 11.3 Å². The normalized spacial score (nSPS) is 10.9. The molecule has 0 fully saturated rings. The molecule has 0 aliphatic rings. The van der Waals surface area contributed by atoms with Gasteiger partial charge < -0.3 is 0 Å². The molecule has 20 heavy (non-hydrogen) atoms. The van der Waals surface area contributed by atoms with Crippen LogP contribution in [0.25, 0.3) is 10.8 Å². The molecule has 0 aliphatic heterocycles. The van der Waals surface area contributed by atoms with E-state index in [4.69, 9.17) is 0 Å². The first-order chi connectivity index (χ1) is 9.58. The van der Waals surface area contributed by atoms with E-state index >= 15 is 0 Å². The largest absolute Gasteiger partial charge is 0.288 e. The summed E-state index contributed by atoms with van der Waals surface area (Å²) in [6.45, 7) is 3.92. The van der Waals surface area contributed by atoms with Gasteiger partial charge in [0.05, 0.1) is 4.88 Å². The number of hydrogen-bond donors (Lipinski definition) is 0. The number of carbonyl (C=O) groups is 1. The van der Waals surface area contributed by atoms with Gasteiger partial charge in [-0.2, -0.15) is 0 Å². The molecule has 100 valence electrons. The molecule has 1 nitrogen and oxygen atoms in total. The van der Waals surface area contributed by atoms with Gasteiger partial charge in [0.1, 0.15) is 5.82 Å². The Hall–Kier alpha value is -2.00. The van der Waals surface area contributed by atoms with Gasteiger partial charge in [-0.25, -0.2) is 4.39 Å². The lowest BCUT2D eigenvalue weighted by atomic mass is 9.99. The predicted molar refractivity (Wildman–Crippen MR) is 81.1 cm³/mol. The van der Waals surface area contributed by atoms with Gasteiger partial charge in [0.2, 0.25) is 5.78 Å².